The molecule has 6 nitrogen and oxygen atoms in total. The molecule has 0 aliphatic carbocycles. The predicted molar refractivity (Wildman–Crippen MR) is 78.8 cm³/mol. The molecule has 0 spiro atoms. The summed E-state index contributed by atoms with van der Waals surface area (Å²) in [4.78, 5) is 11.5. The average molecular weight is 276 g/mol. The second-order valence-electron chi connectivity index (χ2n) is 5.49. The molecule has 0 atom stereocenters. The molecule has 0 fully saturated rings. The highest BCUT2D eigenvalue weighted by Crippen LogP contribution is 2.20. The lowest BCUT2D eigenvalue weighted by molar-refractivity contribution is 0.0530. The van der Waals surface area contributed by atoms with Crippen LogP contribution in [0.1, 0.15) is 20.8 Å². The van der Waals surface area contributed by atoms with E-state index < -0.39 is 11.7 Å². The van der Waals surface area contributed by atoms with Gasteiger partial charge in [0.2, 0.25) is 0 Å². The number of nitrogens with zero attached hydrogens (tertiary/aromatic N) is 1. The van der Waals surface area contributed by atoms with Crippen LogP contribution in [0.2, 0.25) is 0 Å². The number of hydrogen-bond donors (Lipinski definition) is 3. The van der Waals surface area contributed by atoms with Crippen molar-refractivity contribution in [3.63, 3.8) is 0 Å². The SMILES string of the molecule is CC(C)(C)OC(=O)NCCNc1cccc2[nH]ncc12. The number of benzene rings is 1. The summed E-state index contributed by atoms with van der Waals surface area (Å²) < 4.78 is 5.16. The lowest BCUT2D eigenvalue weighted by Gasteiger charge is -2.19. The van der Waals surface area contributed by atoms with Gasteiger partial charge in [0.15, 0.2) is 0 Å². The number of carbonyl (C=O) groups is 1. The van der Waals surface area contributed by atoms with Gasteiger partial charge in [-0.05, 0) is 32.9 Å². The topological polar surface area (TPSA) is 79.0 Å². The number of rotatable bonds is 4. The van der Waals surface area contributed by atoms with Gasteiger partial charge in [-0.3, -0.25) is 5.10 Å². The Balaban J connectivity index is 1.79. The van der Waals surface area contributed by atoms with E-state index in [0.717, 1.165) is 16.6 Å². The van der Waals surface area contributed by atoms with E-state index in [1.54, 1.807) is 6.20 Å². The summed E-state index contributed by atoms with van der Waals surface area (Å²) in [6.07, 6.45) is 1.37. The first-order valence-electron chi connectivity index (χ1n) is 6.58. The maximum absolute atomic E-state index is 11.5. The van der Waals surface area contributed by atoms with E-state index in [2.05, 4.69) is 20.8 Å². The normalized spacial score (nSPS) is 11.3. The molecule has 108 valence electrons. The Morgan fingerprint density at radius 2 is 2.15 bits per heavy atom. The van der Waals surface area contributed by atoms with E-state index >= 15 is 0 Å². The number of hydrogen-bond acceptors (Lipinski definition) is 4. The molecular weight excluding hydrogens is 256 g/mol. The van der Waals surface area contributed by atoms with Crippen LogP contribution in [0.25, 0.3) is 10.9 Å². The number of H-pyrrole nitrogens is 1. The first kappa shape index (κ1) is 14.2. The molecule has 20 heavy (non-hydrogen) atoms. The molecule has 3 N–H and O–H groups in total. The zero-order valence-electron chi connectivity index (χ0n) is 12.0. The third-order valence-electron chi connectivity index (χ3n) is 2.59. The highest BCUT2D eigenvalue weighted by molar-refractivity contribution is 5.90. The number of alkyl carbamates (subject to hydrolysis) is 1. The first-order chi connectivity index (χ1) is 9.46. The summed E-state index contributed by atoms with van der Waals surface area (Å²) in [5.41, 5.74) is 1.50. The van der Waals surface area contributed by atoms with Gasteiger partial charge in [-0.2, -0.15) is 5.10 Å². The monoisotopic (exact) mass is 276 g/mol. The van der Waals surface area contributed by atoms with E-state index in [0.29, 0.717) is 13.1 Å². The molecule has 1 aromatic heterocycles. The lowest BCUT2D eigenvalue weighted by atomic mass is 10.2. The quantitative estimate of drug-likeness (QED) is 0.750. The molecular formula is C14H20N4O2. The Morgan fingerprint density at radius 1 is 1.35 bits per heavy atom. The smallest absolute Gasteiger partial charge is 0.407 e. The minimum absolute atomic E-state index is 0.402. The van der Waals surface area contributed by atoms with Crippen molar-refractivity contribution >= 4 is 22.7 Å². The van der Waals surface area contributed by atoms with Crippen LogP contribution >= 0.6 is 0 Å². The van der Waals surface area contributed by atoms with E-state index in [9.17, 15) is 4.79 Å². The number of aromatic nitrogens is 2. The molecule has 1 heterocycles. The fraction of sp³-hybridized carbons (Fsp3) is 0.429. The van der Waals surface area contributed by atoms with Crippen LogP contribution in [0.4, 0.5) is 10.5 Å². The van der Waals surface area contributed by atoms with Crippen LogP contribution in [0.5, 0.6) is 0 Å². The van der Waals surface area contributed by atoms with Crippen molar-refractivity contribution in [2.75, 3.05) is 18.4 Å². The molecule has 6 heteroatoms. The van der Waals surface area contributed by atoms with Gasteiger partial charge in [0.25, 0.3) is 0 Å². The van der Waals surface area contributed by atoms with Crippen LogP contribution < -0.4 is 10.6 Å². The Bertz CT molecular complexity index is 586. The fourth-order valence-corrected chi connectivity index (χ4v) is 1.80. The van der Waals surface area contributed by atoms with E-state index in [1.165, 1.54) is 0 Å². The lowest BCUT2D eigenvalue weighted by Crippen LogP contribution is -2.35. The van der Waals surface area contributed by atoms with Gasteiger partial charge >= 0.3 is 6.09 Å². The van der Waals surface area contributed by atoms with Gasteiger partial charge in [-0.25, -0.2) is 4.79 Å². The number of anilines is 1. The number of carbonyl (C=O) groups excluding carboxylic acids is 1. The maximum atomic E-state index is 11.5. The van der Waals surface area contributed by atoms with E-state index in [1.807, 2.05) is 39.0 Å². The molecule has 0 bridgehead atoms. The van der Waals surface area contributed by atoms with Crippen LogP contribution in [-0.4, -0.2) is 35.0 Å². The molecule has 0 aliphatic heterocycles. The van der Waals surface area contributed by atoms with Crippen molar-refractivity contribution in [3.8, 4) is 0 Å². The Morgan fingerprint density at radius 3 is 2.90 bits per heavy atom. The van der Waals surface area contributed by atoms with Crippen molar-refractivity contribution in [1.29, 1.82) is 0 Å². The van der Waals surface area contributed by atoms with Crippen molar-refractivity contribution in [2.24, 2.45) is 0 Å². The second-order valence-corrected chi connectivity index (χ2v) is 5.49. The summed E-state index contributed by atoms with van der Waals surface area (Å²) >= 11 is 0. The molecule has 2 rings (SSSR count). The molecule has 0 saturated carbocycles. The van der Waals surface area contributed by atoms with Crippen molar-refractivity contribution in [1.82, 2.24) is 15.5 Å². The number of amides is 1. The third kappa shape index (κ3) is 3.88. The summed E-state index contributed by atoms with van der Waals surface area (Å²) in [5.74, 6) is 0. The van der Waals surface area contributed by atoms with Crippen LogP contribution in [-0.2, 0) is 4.74 Å². The van der Waals surface area contributed by atoms with Crippen LogP contribution in [0.15, 0.2) is 24.4 Å². The Labute approximate surface area is 117 Å². The van der Waals surface area contributed by atoms with Gasteiger partial charge in [-0.1, -0.05) is 6.07 Å². The number of nitrogens with one attached hydrogen (secondary N) is 3. The molecule has 0 unspecified atom stereocenters. The Kier molecular flexibility index (Phi) is 4.12. The largest absolute Gasteiger partial charge is 0.444 e. The highest BCUT2D eigenvalue weighted by atomic mass is 16.6. The summed E-state index contributed by atoms with van der Waals surface area (Å²) in [7, 11) is 0. The van der Waals surface area contributed by atoms with Gasteiger partial charge in [0.1, 0.15) is 5.60 Å². The molecule has 1 aromatic carbocycles. The average Bonchev–Trinajstić information content (AvgIpc) is 2.81. The van der Waals surface area contributed by atoms with Crippen LogP contribution in [0.3, 0.4) is 0 Å². The van der Waals surface area contributed by atoms with Gasteiger partial charge in [0.05, 0.1) is 11.7 Å². The minimum atomic E-state index is -0.472. The molecule has 2 aromatic rings. The zero-order valence-corrected chi connectivity index (χ0v) is 12.0. The fourth-order valence-electron chi connectivity index (χ4n) is 1.80. The van der Waals surface area contributed by atoms with Crippen molar-refractivity contribution in [3.05, 3.63) is 24.4 Å². The van der Waals surface area contributed by atoms with E-state index in [4.69, 9.17) is 4.74 Å². The van der Waals surface area contributed by atoms with Crippen LogP contribution in [0, 0.1) is 0 Å². The Hall–Kier alpha value is -2.24. The minimum Gasteiger partial charge on any atom is -0.444 e. The molecule has 0 saturated heterocycles. The molecule has 0 radical (unpaired) electrons. The summed E-state index contributed by atoms with van der Waals surface area (Å²) in [5, 5.41) is 13.9. The second kappa shape index (κ2) is 5.81. The standard InChI is InChI=1S/C14H20N4O2/c1-14(2,3)20-13(19)16-8-7-15-11-5-4-6-12-10(11)9-17-18-12/h4-6,9,15H,7-8H2,1-3H3,(H,16,19)(H,17,18). The number of fused-ring (bicyclic) bond motifs is 1. The maximum Gasteiger partial charge on any atom is 0.407 e. The number of ether oxygens (including phenoxy) is 1. The third-order valence-corrected chi connectivity index (χ3v) is 2.59. The van der Waals surface area contributed by atoms with Gasteiger partial charge in [-0.15, -0.1) is 0 Å². The van der Waals surface area contributed by atoms with Gasteiger partial charge in [0, 0.05) is 24.2 Å². The number of aromatic amines is 1. The van der Waals surface area contributed by atoms with Crippen molar-refractivity contribution in [2.45, 2.75) is 26.4 Å². The van der Waals surface area contributed by atoms with Crippen molar-refractivity contribution < 1.29 is 9.53 Å². The summed E-state index contributed by atoms with van der Waals surface area (Å²) in [6, 6.07) is 5.89. The molecule has 1 amide bonds. The summed E-state index contributed by atoms with van der Waals surface area (Å²) in [6.45, 7) is 6.62. The first-order valence-corrected chi connectivity index (χ1v) is 6.58. The molecule has 0 aliphatic rings. The zero-order chi connectivity index (χ0) is 14.6. The highest BCUT2D eigenvalue weighted by Gasteiger charge is 2.15. The van der Waals surface area contributed by atoms with E-state index in [-0.39, 0.29) is 0 Å². The predicted octanol–water partition coefficient (Wildman–Crippen LogP) is 2.50. The van der Waals surface area contributed by atoms with Gasteiger partial charge < -0.3 is 15.4 Å².